The maximum Gasteiger partial charge on any atom is 0.123 e. The number of benzene rings is 1. The number of likely N-dealkylation sites (tertiary alicyclic amines) is 1. The number of nitrogens with one attached hydrogen (secondary N) is 1. The second-order valence-electron chi connectivity index (χ2n) is 7.33. The van der Waals surface area contributed by atoms with E-state index in [4.69, 9.17) is 0 Å². The van der Waals surface area contributed by atoms with Crippen molar-refractivity contribution in [3.8, 4) is 22.4 Å². The van der Waals surface area contributed by atoms with E-state index in [9.17, 15) is 4.39 Å². The van der Waals surface area contributed by atoms with Crippen LogP contribution in [0.1, 0.15) is 11.6 Å². The van der Waals surface area contributed by atoms with Gasteiger partial charge in [0.1, 0.15) is 5.82 Å². The third-order valence-electron chi connectivity index (χ3n) is 5.70. The van der Waals surface area contributed by atoms with E-state index in [-0.39, 0.29) is 5.82 Å². The Morgan fingerprint density at radius 3 is 2.36 bits per heavy atom. The van der Waals surface area contributed by atoms with Crippen LogP contribution in [0.25, 0.3) is 22.4 Å². The molecule has 0 bridgehead atoms. The van der Waals surface area contributed by atoms with Crippen molar-refractivity contribution in [3.05, 3.63) is 66.4 Å². The number of halogens is 1. The topological polar surface area (TPSA) is 31.9 Å². The summed E-state index contributed by atoms with van der Waals surface area (Å²) in [6.07, 6.45) is 3.63. The number of H-pyrrole nitrogens is 1. The van der Waals surface area contributed by atoms with Gasteiger partial charge in [-0.2, -0.15) is 0 Å². The summed E-state index contributed by atoms with van der Waals surface area (Å²) < 4.78 is 13.3. The lowest BCUT2D eigenvalue weighted by Crippen LogP contribution is -2.18. The molecular weight excluding hydrogens is 313 g/mol. The highest BCUT2D eigenvalue weighted by atomic mass is 19.1. The molecule has 2 aliphatic rings. The number of aromatic amines is 1. The summed E-state index contributed by atoms with van der Waals surface area (Å²) in [5, 5.41) is 0. The van der Waals surface area contributed by atoms with E-state index >= 15 is 0 Å². The van der Waals surface area contributed by atoms with Gasteiger partial charge in [-0.3, -0.25) is 4.98 Å². The van der Waals surface area contributed by atoms with Gasteiger partial charge >= 0.3 is 0 Å². The Hall–Kier alpha value is -2.46. The van der Waals surface area contributed by atoms with Crippen LogP contribution in [-0.4, -0.2) is 35.0 Å². The van der Waals surface area contributed by atoms with E-state index < -0.39 is 0 Å². The van der Waals surface area contributed by atoms with Gasteiger partial charge in [-0.15, -0.1) is 0 Å². The van der Waals surface area contributed by atoms with Gasteiger partial charge in [0.05, 0.1) is 5.69 Å². The van der Waals surface area contributed by atoms with Gasteiger partial charge in [0.2, 0.25) is 0 Å². The highest BCUT2D eigenvalue weighted by Crippen LogP contribution is 2.58. The standard InChI is InChI=1S/C21H20FN3/c1-25-11-17-18(12-25)20(17)19-10-16(13-6-8-23-9-7-13)21(24-19)14-2-4-15(22)5-3-14/h2-10,17-18,20,24H,11-12H2,1H3. The van der Waals surface area contributed by atoms with E-state index in [0.717, 1.165) is 28.7 Å². The van der Waals surface area contributed by atoms with Crippen molar-refractivity contribution in [3.63, 3.8) is 0 Å². The smallest absolute Gasteiger partial charge is 0.123 e. The molecule has 2 fully saturated rings. The van der Waals surface area contributed by atoms with Crippen molar-refractivity contribution in [1.82, 2.24) is 14.9 Å². The second-order valence-corrected chi connectivity index (χ2v) is 7.33. The number of rotatable bonds is 3. The minimum absolute atomic E-state index is 0.208. The van der Waals surface area contributed by atoms with Crippen LogP contribution in [0, 0.1) is 17.7 Å². The van der Waals surface area contributed by atoms with E-state index in [0.29, 0.717) is 5.92 Å². The molecule has 1 saturated heterocycles. The first-order valence-corrected chi connectivity index (χ1v) is 8.78. The minimum Gasteiger partial charge on any atom is -0.358 e. The molecule has 1 N–H and O–H groups in total. The monoisotopic (exact) mass is 333 g/mol. The average molecular weight is 333 g/mol. The van der Waals surface area contributed by atoms with Crippen molar-refractivity contribution in [1.29, 1.82) is 0 Å². The third-order valence-corrected chi connectivity index (χ3v) is 5.70. The van der Waals surface area contributed by atoms with Gasteiger partial charge in [-0.05, 0) is 72.5 Å². The molecule has 2 atom stereocenters. The molecule has 3 aromatic rings. The van der Waals surface area contributed by atoms with Crippen LogP contribution in [-0.2, 0) is 0 Å². The number of fused-ring (bicyclic) bond motifs is 1. The lowest BCUT2D eigenvalue weighted by atomic mass is 10.0. The number of aromatic nitrogens is 2. The summed E-state index contributed by atoms with van der Waals surface area (Å²) in [6.45, 7) is 2.37. The molecule has 5 rings (SSSR count). The molecule has 0 spiro atoms. The van der Waals surface area contributed by atoms with Gasteiger partial charge in [0.25, 0.3) is 0 Å². The Morgan fingerprint density at radius 1 is 1.00 bits per heavy atom. The third kappa shape index (κ3) is 2.48. The number of pyridine rings is 1. The summed E-state index contributed by atoms with van der Waals surface area (Å²) >= 11 is 0. The van der Waals surface area contributed by atoms with E-state index in [1.165, 1.54) is 36.5 Å². The lowest BCUT2D eigenvalue weighted by molar-refractivity contribution is 0.362. The van der Waals surface area contributed by atoms with E-state index in [1.807, 2.05) is 36.7 Å². The molecule has 0 radical (unpaired) electrons. The van der Waals surface area contributed by atoms with Crippen LogP contribution in [0.3, 0.4) is 0 Å². The highest BCUT2D eigenvalue weighted by Gasteiger charge is 2.56. The number of nitrogens with zero attached hydrogens (tertiary/aromatic N) is 2. The van der Waals surface area contributed by atoms with Crippen molar-refractivity contribution in [2.45, 2.75) is 5.92 Å². The van der Waals surface area contributed by atoms with Gasteiger partial charge in [0, 0.05) is 42.7 Å². The van der Waals surface area contributed by atoms with Gasteiger partial charge in [-0.25, -0.2) is 4.39 Å². The van der Waals surface area contributed by atoms with E-state index in [1.54, 1.807) is 0 Å². The van der Waals surface area contributed by atoms with Crippen LogP contribution in [0.2, 0.25) is 0 Å². The van der Waals surface area contributed by atoms with Gasteiger partial charge in [-0.1, -0.05) is 0 Å². The fraction of sp³-hybridized carbons (Fsp3) is 0.286. The fourth-order valence-electron chi connectivity index (χ4n) is 4.46. The summed E-state index contributed by atoms with van der Waals surface area (Å²) in [5.74, 6) is 1.97. The molecule has 3 nitrogen and oxygen atoms in total. The summed E-state index contributed by atoms with van der Waals surface area (Å²) in [5.41, 5.74) is 5.71. The average Bonchev–Trinajstić information content (AvgIpc) is 2.99. The second kappa shape index (κ2) is 5.53. The van der Waals surface area contributed by atoms with Crippen molar-refractivity contribution in [2.24, 2.45) is 11.8 Å². The van der Waals surface area contributed by atoms with Crippen LogP contribution in [0.4, 0.5) is 4.39 Å². The molecule has 0 amide bonds. The molecule has 1 aliphatic heterocycles. The molecule has 25 heavy (non-hydrogen) atoms. The summed E-state index contributed by atoms with van der Waals surface area (Å²) in [6, 6.07) is 13.1. The molecule has 4 heteroatoms. The first-order chi connectivity index (χ1) is 12.2. The van der Waals surface area contributed by atoms with Gasteiger partial charge in [0.15, 0.2) is 0 Å². The molecule has 1 saturated carbocycles. The Bertz CT molecular complexity index is 889. The van der Waals surface area contributed by atoms with Crippen molar-refractivity contribution in [2.75, 3.05) is 20.1 Å². The number of piperidine rings is 1. The van der Waals surface area contributed by atoms with Crippen molar-refractivity contribution >= 4 is 0 Å². The highest BCUT2D eigenvalue weighted by molar-refractivity contribution is 5.82. The molecule has 1 aromatic carbocycles. The Kier molecular flexibility index (Phi) is 3.28. The van der Waals surface area contributed by atoms with Crippen LogP contribution >= 0.6 is 0 Å². The molecule has 1 aliphatic carbocycles. The Labute approximate surface area is 146 Å². The van der Waals surface area contributed by atoms with Crippen LogP contribution in [0.5, 0.6) is 0 Å². The normalized spacial score (nSPS) is 25.1. The maximum absolute atomic E-state index is 13.3. The largest absolute Gasteiger partial charge is 0.358 e. The predicted octanol–water partition coefficient (Wildman–Crippen LogP) is 4.16. The maximum atomic E-state index is 13.3. The molecule has 2 unspecified atom stereocenters. The van der Waals surface area contributed by atoms with Crippen LogP contribution < -0.4 is 0 Å². The SMILES string of the molecule is CN1CC2C(C1)C2c1cc(-c2ccncc2)c(-c2ccc(F)cc2)[nH]1. The zero-order valence-corrected chi connectivity index (χ0v) is 14.1. The quantitative estimate of drug-likeness (QED) is 0.780. The number of hydrogen-bond donors (Lipinski definition) is 1. The Morgan fingerprint density at radius 2 is 1.68 bits per heavy atom. The molecule has 3 heterocycles. The van der Waals surface area contributed by atoms with Gasteiger partial charge < -0.3 is 9.88 Å². The minimum atomic E-state index is -0.208. The molecular formula is C21H20FN3. The summed E-state index contributed by atoms with van der Waals surface area (Å²) in [7, 11) is 2.20. The zero-order valence-electron chi connectivity index (χ0n) is 14.1. The lowest BCUT2D eigenvalue weighted by Gasteiger charge is -2.11. The zero-order chi connectivity index (χ0) is 17.0. The molecule has 2 aromatic heterocycles. The summed E-state index contributed by atoms with van der Waals surface area (Å²) in [4.78, 5) is 10.2. The molecule has 126 valence electrons. The fourth-order valence-corrected chi connectivity index (χ4v) is 4.46. The first kappa shape index (κ1) is 14.8. The predicted molar refractivity (Wildman–Crippen MR) is 96.6 cm³/mol. The first-order valence-electron chi connectivity index (χ1n) is 8.78. The van der Waals surface area contributed by atoms with Crippen LogP contribution in [0.15, 0.2) is 54.9 Å². The Balaban J connectivity index is 1.58. The van der Waals surface area contributed by atoms with Crippen molar-refractivity contribution < 1.29 is 4.39 Å². The number of hydrogen-bond acceptors (Lipinski definition) is 2. The van der Waals surface area contributed by atoms with E-state index in [2.05, 4.69) is 28.0 Å².